The molecule has 0 radical (unpaired) electrons. The average Bonchev–Trinajstić information content (AvgIpc) is 2.15. The Morgan fingerprint density at radius 2 is 2.14 bits per heavy atom. The van der Waals surface area contributed by atoms with Gasteiger partial charge in [-0.2, -0.15) is 0 Å². The number of hydrogen-bond acceptors (Lipinski definition) is 2. The summed E-state index contributed by atoms with van der Waals surface area (Å²) in [6, 6.07) is 11.0. The van der Waals surface area contributed by atoms with E-state index < -0.39 is 0 Å². The largest absolute Gasteiger partial charge is 0.310 e. The van der Waals surface area contributed by atoms with Gasteiger partial charge in [-0.3, -0.25) is 4.98 Å². The molecule has 1 N–H and O–H groups in total. The van der Waals surface area contributed by atoms with Gasteiger partial charge in [-0.05, 0) is 30.7 Å². The zero-order valence-corrected chi connectivity index (χ0v) is 7.90. The first-order valence-electron chi connectivity index (χ1n) is 5.01. The molecule has 3 rings (SSSR count). The lowest BCUT2D eigenvalue weighted by molar-refractivity contribution is 0.383. The van der Waals surface area contributed by atoms with Gasteiger partial charge < -0.3 is 5.32 Å². The molecule has 1 atom stereocenters. The van der Waals surface area contributed by atoms with Crippen LogP contribution in [0.3, 0.4) is 0 Å². The monoisotopic (exact) mass is 184 g/mol. The van der Waals surface area contributed by atoms with Crippen LogP contribution in [0.5, 0.6) is 0 Å². The van der Waals surface area contributed by atoms with Gasteiger partial charge in [-0.25, -0.2) is 0 Å². The second-order valence-electron chi connectivity index (χ2n) is 3.76. The molecule has 1 aromatic heterocycles. The number of hydrogen-bond donors (Lipinski definition) is 1. The highest BCUT2D eigenvalue weighted by Crippen LogP contribution is 2.24. The summed E-state index contributed by atoms with van der Waals surface area (Å²) in [5, 5.41) is 4.62. The summed E-state index contributed by atoms with van der Waals surface area (Å²) in [4.78, 5) is 4.44. The molecule has 1 aliphatic heterocycles. The minimum atomic E-state index is 0.534. The van der Waals surface area contributed by atoms with Crippen molar-refractivity contribution in [3.8, 4) is 0 Å². The number of benzene rings is 1. The normalized spacial score (nSPS) is 20.7. The van der Waals surface area contributed by atoms with Crippen LogP contribution >= 0.6 is 0 Å². The topological polar surface area (TPSA) is 24.9 Å². The highest BCUT2D eigenvalue weighted by molar-refractivity contribution is 5.78. The fraction of sp³-hybridized carbons (Fsp3) is 0.250. The zero-order valence-electron chi connectivity index (χ0n) is 7.90. The maximum Gasteiger partial charge on any atom is 0.0702 e. The molecule has 14 heavy (non-hydrogen) atoms. The molecule has 0 bridgehead atoms. The first-order chi connectivity index (χ1) is 6.93. The van der Waals surface area contributed by atoms with E-state index in [1.54, 1.807) is 0 Å². The Morgan fingerprint density at radius 1 is 1.29 bits per heavy atom. The number of nitrogens with zero attached hydrogens (tertiary/aromatic N) is 1. The Labute approximate surface area is 83.0 Å². The fourth-order valence-corrected chi connectivity index (χ4v) is 1.85. The predicted molar refractivity (Wildman–Crippen MR) is 57.1 cm³/mol. The lowest BCUT2D eigenvalue weighted by Gasteiger charge is -2.27. The molecule has 2 heterocycles. The van der Waals surface area contributed by atoms with Crippen molar-refractivity contribution < 1.29 is 0 Å². The molecule has 0 spiro atoms. The molecule has 2 aromatic rings. The summed E-state index contributed by atoms with van der Waals surface area (Å²) in [6.07, 6.45) is 3.22. The van der Waals surface area contributed by atoms with Gasteiger partial charge in [0.1, 0.15) is 0 Å². The molecule has 1 fully saturated rings. The first-order valence-corrected chi connectivity index (χ1v) is 5.01. The van der Waals surface area contributed by atoms with Gasteiger partial charge in [0, 0.05) is 17.6 Å². The van der Waals surface area contributed by atoms with Gasteiger partial charge in [0.2, 0.25) is 0 Å². The lowest BCUT2D eigenvalue weighted by Crippen LogP contribution is -2.34. The van der Waals surface area contributed by atoms with E-state index in [9.17, 15) is 0 Å². The van der Waals surface area contributed by atoms with Gasteiger partial charge in [-0.15, -0.1) is 0 Å². The van der Waals surface area contributed by atoms with Crippen LogP contribution in [0.25, 0.3) is 10.9 Å². The van der Waals surface area contributed by atoms with Crippen LogP contribution in [-0.2, 0) is 0 Å². The third-order valence-electron chi connectivity index (χ3n) is 2.84. The summed E-state index contributed by atoms with van der Waals surface area (Å²) < 4.78 is 0. The van der Waals surface area contributed by atoms with E-state index in [0.717, 1.165) is 12.1 Å². The predicted octanol–water partition coefficient (Wildman–Crippen LogP) is 2.27. The van der Waals surface area contributed by atoms with E-state index >= 15 is 0 Å². The van der Waals surface area contributed by atoms with Crippen molar-refractivity contribution in [2.24, 2.45) is 0 Å². The smallest absolute Gasteiger partial charge is 0.0702 e. The quantitative estimate of drug-likeness (QED) is 0.735. The SMILES string of the molecule is c1ccc2ncc([C@@H]3CCN3)cc2c1. The summed E-state index contributed by atoms with van der Waals surface area (Å²) in [5.74, 6) is 0. The lowest BCUT2D eigenvalue weighted by atomic mass is 9.98. The Hall–Kier alpha value is -1.41. The van der Waals surface area contributed by atoms with Crippen LogP contribution < -0.4 is 5.32 Å². The molecule has 1 aromatic carbocycles. The molecule has 1 saturated heterocycles. The third-order valence-corrected chi connectivity index (χ3v) is 2.84. The molecule has 0 unspecified atom stereocenters. The van der Waals surface area contributed by atoms with Crippen LogP contribution in [-0.4, -0.2) is 11.5 Å². The van der Waals surface area contributed by atoms with E-state index in [0.29, 0.717) is 6.04 Å². The molecular weight excluding hydrogens is 172 g/mol. The van der Waals surface area contributed by atoms with Crippen molar-refractivity contribution >= 4 is 10.9 Å². The molecule has 1 aliphatic rings. The summed E-state index contributed by atoms with van der Waals surface area (Å²) >= 11 is 0. The second-order valence-corrected chi connectivity index (χ2v) is 3.76. The van der Waals surface area contributed by atoms with E-state index in [4.69, 9.17) is 0 Å². The summed E-state index contributed by atoms with van der Waals surface area (Å²) in [7, 11) is 0. The zero-order chi connectivity index (χ0) is 9.38. The summed E-state index contributed by atoms with van der Waals surface area (Å²) in [5.41, 5.74) is 2.39. The second kappa shape index (κ2) is 3.07. The van der Waals surface area contributed by atoms with Gasteiger partial charge in [-0.1, -0.05) is 18.2 Å². The number of fused-ring (bicyclic) bond motifs is 1. The van der Waals surface area contributed by atoms with Crippen molar-refractivity contribution in [2.75, 3.05) is 6.54 Å². The van der Waals surface area contributed by atoms with E-state index in [1.165, 1.54) is 17.4 Å². The molecule has 0 amide bonds. The van der Waals surface area contributed by atoms with E-state index in [1.807, 2.05) is 18.3 Å². The molecule has 2 nitrogen and oxygen atoms in total. The van der Waals surface area contributed by atoms with Gasteiger partial charge in [0.05, 0.1) is 5.52 Å². The minimum Gasteiger partial charge on any atom is -0.310 e. The molecule has 70 valence electrons. The number of aromatic nitrogens is 1. The van der Waals surface area contributed by atoms with Crippen molar-refractivity contribution in [1.29, 1.82) is 0 Å². The van der Waals surface area contributed by atoms with Crippen LogP contribution in [0.4, 0.5) is 0 Å². The van der Waals surface area contributed by atoms with Crippen molar-refractivity contribution in [1.82, 2.24) is 10.3 Å². The first kappa shape index (κ1) is 7.94. The minimum absolute atomic E-state index is 0.534. The van der Waals surface area contributed by atoms with Crippen molar-refractivity contribution in [3.05, 3.63) is 42.1 Å². The summed E-state index contributed by atoms with van der Waals surface area (Å²) in [6.45, 7) is 1.14. The van der Waals surface area contributed by atoms with E-state index in [-0.39, 0.29) is 0 Å². The Balaban J connectivity index is 2.10. The number of rotatable bonds is 1. The molecule has 0 saturated carbocycles. The van der Waals surface area contributed by atoms with Crippen LogP contribution in [0.2, 0.25) is 0 Å². The number of nitrogens with one attached hydrogen (secondary N) is 1. The van der Waals surface area contributed by atoms with Crippen LogP contribution in [0.1, 0.15) is 18.0 Å². The number of pyridine rings is 1. The Morgan fingerprint density at radius 3 is 2.93 bits per heavy atom. The molecule has 2 heteroatoms. The van der Waals surface area contributed by atoms with E-state index in [2.05, 4.69) is 28.5 Å². The van der Waals surface area contributed by atoms with Crippen LogP contribution in [0, 0.1) is 0 Å². The Bertz CT molecular complexity index is 461. The van der Waals surface area contributed by atoms with Crippen molar-refractivity contribution in [2.45, 2.75) is 12.5 Å². The number of para-hydroxylation sites is 1. The van der Waals surface area contributed by atoms with Gasteiger partial charge in [0.15, 0.2) is 0 Å². The highest BCUT2D eigenvalue weighted by atomic mass is 15.0. The molecule has 0 aliphatic carbocycles. The maximum atomic E-state index is 4.44. The third kappa shape index (κ3) is 1.19. The standard InChI is InChI=1S/C12H12N2/c1-2-4-11-9(3-1)7-10(8-14-11)12-5-6-13-12/h1-4,7-8,12-13H,5-6H2/t12-/m0/s1. The van der Waals surface area contributed by atoms with Gasteiger partial charge >= 0.3 is 0 Å². The van der Waals surface area contributed by atoms with Gasteiger partial charge in [0.25, 0.3) is 0 Å². The van der Waals surface area contributed by atoms with Crippen molar-refractivity contribution in [3.63, 3.8) is 0 Å². The van der Waals surface area contributed by atoms with Crippen LogP contribution in [0.15, 0.2) is 36.5 Å². The fourth-order valence-electron chi connectivity index (χ4n) is 1.85. The highest BCUT2D eigenvalue weighted by Gasteiger charge is 2.18. The Kier molecular flexibility index (Phi) is 1.74. The maximum absolute atomic E-state index is 4.44. The average molecular weight is 184 g/mol. The molecular formula is C12H12N2.